The van der Waals surface area contributed by atoms with Gasteiger partial charge in [0.1, 0.15) is 10.5 Å². The Labute approximate surface area is 120 Å². The molecule has 0 bridgehead atoms. The molecule has 1 heterocycles. The van der Waals surface area contributed by atoms with Gasteiger partial charge in [0.15, 0.2) is 5.58 Å². The number of rotatable bonds is 2. The van der Waals surface area contributed by atoms with Gasteiger partial charge >= 0.3 is 0 Å². The van der Waals surface area contributed by atoms with E-state index in [1.807, 2.05) is 30.3 Å². The average Bonchev–Trinajstić information content (AvgIpc) is 2.81. The van der Waals surface area contributed by atoms with Crippen molar-refractivity contribution in [2.75, 3.05) is 0 Å². The summed E-state index contributed by atoms with van der Waals surface area (Å²) in [5.41, 5.74) is 8.51. The number of aromatic nitrogens is 1. The van der Waals surface area contributed by atoms with E-state index >= 15 is 0 Å². The molecule has 0 fully saturated rings. The van der Waals surface area contributed by atoms with Crippen molar-refractivity contribution in [2.24, 2.45) is 5.73 Å². The molecule has 19 heavy (non-hydrogen) atoms. The first-order valence-electron chi connectivity index (χ1n) is 5.60. The van der Waals surface area contributed by atoms with Gasteiger partial charge in [-0.3, -0.25) is 0 Å². The van der Waals surface area contributed by atoms with Crippen molar-refractivity contribution >= 4 is 39.9 Å². The summed E-state index contributed by atoms with van der Waals surface area (Å²) >= 11 is 11.1. The van der Waals surface area contributed by atoms with E-state index in [1.165, 1.54) is 0 Å². The minimum Gasteiger partial charge on any atom is -0.436 e. The molecule has 0 atom stereocenters. The van der Waals surface area contributed by atoms with Crippen LogP contribution in [0.1, 0.15) is 5.56 Å². The molecule has 0 spiro atoms. The van der Waals surface area contributed by atoms with Crippen molar-refractivity contribution in [1.29, 1.82) is 0 Å². The second-order valence-corrected chi connectivity index (χ2v) is 4.89. The molecule has 0 unspecified atom stereocenters. The van der Waals surface area contributed by atoms with Crippen LogP contribution in [0.2, 0.25) is 5.02 Å². The molecular formula is C14H9ClN2OS. The predicted molar refractivity (Wildman–Crippen MR) is 80.3 cm³/mol. The second-order valence-electron chi connectivity index (χ2n) is 4.05. The van der Waals surface area contributed by atoms with Crippen LogP contribution in [0.3, 0.4) is 0 Å². The van der Waals surface area contributed by atoms with Gasteiger partial charge in [-0.05, 0) is 30.3 Å². The first-order chi connectivity index (χ1) is 9.15. The smallest absolute Gasteiger partial charge is 0.228 e. The van der Waals surface area contributed by atoms with Crippen LogP contribution in [0.4, 0.5) is 0 Å². The summed E-state index contributed by atoms with van der Waals surface area (Å²) in [7, 11) is 0. The lowest BCUT2D eigenvalue weighted by atomic mass is 10.2. The molecule has 0 saturated heterocycles. The van der Waals surface area contributed by atoms with Crippen molar-refractivity contribution < 1.29 is 4.42 Å². The molecule has 3 nitrogen and oxygen atoms in total. The maximum Gasteiger partial charge on any atom is 0.228 e. The van der Waals surface area contributed by atoms with Crippen LogP contribution in [0, 0.1) is 0 Å². The zero-order valence-electron chi connectivity index (χ0n) is 9.76. The molecule has 5 heteroatoms. The zero-order valence-corrected chi connectivity index (χ0v) is 11.3. The number of halogens is 1. The molecule has 2 aromatic carbocycles. The lowest BCUT2D eigenvalue weighted by Gasteiger charge is -1.96. The van der Waals surface area contributed by atoms with E-state index in [9.17, 15) is 0 Å². The highest BCUT2D eigenvalue weighted by Gasteiger charge is 2.11. The first kappa shape index (κ1) is 12.1. The summed E-state index contributed by atoms with van der Waals surface area (Å²) in [6.45, 7) is 0. The number of nitrogens with zero attached hydrogens (tertiary/aromatic N) is 1. The number of thiocarbonyl (C=S) groups is 1. The highest BCUT2D eigenvalue weighted by atomic mass is 35.5. The Morgan fingerprint density at radius 3 is 2.74 bits per heavy atom. The monoisotopic (exact) mass is 288 g/mol. The van der Waals surface area contributed by atoms with E-state index in [0.29, 0.717) is 27.0 Å². The summed E-state index contributed by atoms with van der Waals surface area (Å²) in [6.07, 6.45) is 0. The summed E-state index contributed by atoms with van der Waals surface area (Å²) in [5, 5.41) is 0.601. The summed E-state index contributed by atoms with van der Waals surface area (Å²) in [5.74, 6) is 0.487. The standard InChI is InChI=1S/C14H9ClN2OS/c15-10-4-2-1-3-9(10)14-17-11-7-8(13(16)19)5-6-12(11)18-14/h1-7H,(H2,16,19). The Balaban J connectivity index is 2.17. The lowest BCUT2D eigenvalue weighted by Crippen LogP contribution is -2.08. The maximum atomic E-state index is 6.13. The Morgan fingerprint density at radius 2 is 2.00 bits per heavy atom. The SMILES string of the molecule is NC(=S)c1ccc2oc(-c3ccccc3Cl)nc2c1. The summed E-state index contributed by atoms with van der Waals surface area (Å²) < 4.78 is 5.69. The molecule has 0 aliphatic heterocycles. The quantitative estimate of drug-likeness (QED) is 0.729. The number of hydrogen-bond donors (Lipinski definition) is 1. The molecule has 1 aromatic heterocycles. The van der Waals surface area contributed by atoms with Crippen LogP contribution in [0.5, 0.6) is 0 Å². The Kier molecular flexibility index (Phi) is 2.97. The molecule has 94 valence electrons. The van der Waals surface area contributed by atoms with Crippen LogP contribution in [0.15, 0.2) is 46.9 Å². The van der Waals surface area contributed by atoms with E-state index < -0.39 is 0 Å². The molecule has 0 amide bonds. The molecule has 0 aliphatic rings. The van der Waals surface area contributed by atoms with Crippen molar-refractivity contribution in [3.05, 3.63) is 53.1 Å². The van der Waals surface area contributed by atoms with Crippen molar-refractivity contribution in [2.45, 2.75) is 0 Å². The predicted octanol–water partition coefficient (Wildman–Crippen LogP) is 3.78. The Morgan fingerprint density at radius 1 is 1.21 bits per heavy atom. The molecule has 0 aliphatic carbocycles. The van der Waals surface area contributed by atoms with Gasteiger partial charge in [0.2, 0.25) is 5.89 Å². The van der Waals surface area contributed by atoms with Crippen LogP contribution in [-0.2, 0) is 0 Å². The minimum absolute atomic E-state index is 0.337. The number of benzene rings is 2. The third-order valence-corrected chi connectivity index (χ3v) is 3.34. The number of hydrogen-bond acceptors (Lipinski definition) is 3. The van der Waals surface area contributed by atoms with E-state index in [4.69, 9.17) is 34.0 Å². The third-order valence-electron chi connectivity index (χ3n) is 2.78. The molecular weight excluding hydrogens is 280 g/mol. The van der Waals surface area contributed by atoms with E-state index in [0.717, 1.165) is 11.1 Å². The fourth-order valence-corrected chi connectivity index (χ4v) is 2.17. The second kappa shape index (κ2) is 4.64. The zero-order chi connectivity index (χ0) is 13.4. The van der Waals surface area contributed by atoms with Crippen LogP contribution in [0.25, 0.3) is 22.6 Å². The fraction of sp³-hybridized carbons (Fsp3) is 0. The topological polar surface area (TPSA) is 52.0 Å². The van der Waals surface area contributed by atoms with Crippen molar-refractivity contribution in [3.8, 4) is 11.5 Å². The van der Waals surface area contributed by atoms with Crippen molar-refractivity contribution in [1.82, 2.24) is 4.98 Å². The van der Waals surface area contributed by atoms with E-state index in [-0.39, 0.29) is 0 Å². The van der Waals surface area contributed by atoms with Gasteiger partial charge in [-0.15, -0.1) is 0 Å². The van der Waals surface area contributed by atoms with E-state index in [2.05, 4.69) is 4.98 Å². The summed E-state index contributed by atoms with van der Waals surface area (Å²) in [6, 6.07) is 12.8. The molecule has 3 aromatic rings. The van der Waals surface area contributed by atoms with Crippen LogP contribution in [-0.4, -0.2) is 9.97 Å². The number of fused-ring (bicyclic) bond motifs is 1. The fourth-order valence-electron chi connectivity index (χ4n) is 1.83. The largest absolute Gasteiger partial charge is 0.436 e. The number of oxazole rings is 1. The third kappa shape index (κ3) is 2.20. The van der Waals surface area contributed by atoms with Crippen LogP contribution >= 0.6 is 23.8 Å². The Hall–Kier alpha value is -1.91. The van der Waals surface area contributed by atoms with Gasteiger partial charge in [-0.2, -0.15) is 0 Å². The molecule has 0 radical (unpaired) electrons. The summed E-state index contributed by atoms with van der Waals surface area (Å²) in [4.78, 5) is 4.76. The molecule has 3 rings (SSSR count). The van der Waals surface area contributed by atoms with Gasteiger partial charge in [0, 0.05) is 5.56 Å². The normalized spacial score (nSPS) is 10.8. The maximum absolute atomic E-state index is 6.13. The lowest BCUT2D eigenvalue weighted by molar-refractivity contribution is 0.620. The molecule has 2 N–H and O–H groups in total. The van der Waals surface area contributed by atoms with Crippen molar-refractivity contribution in [3.63, 3.8) is 0 Å². The number of nitrogens with two attached hydrogens (primary N) is 1. The highest BCUT2D eigenvalue weighted by molar-refractivity contribution is 7.80. The van der Waals surface area contributed by atoms with E-state index in [1.54, 1.807) is 12.1 Å². The minimum atomic E-state index is 0.337. The average molecular weight is 289 g/mol. The highest BCUT2D eigenvalue weighted by Crippen LogP contribution is 2.29. The van der Waals surface area contributed by atoms with Gasteiger partial charge in [0.25, 0.3) is 0 Å². The van der Waals surface area contributed by atoms with Gasteiger partial charge in [0.05, 0.1) is 10.6 Å². The van der Waals surface area contributed by atoms with Gasteiger partial charge in [-0.1, -0.05) is 36.0 Å². The van der Waals surface area contributed by atoms with Crippen LogP contribution < -0.4 is 5.73 Å². The Bertz CT molecular complexity index is 782. The first-order valence-corrected chi connectivity index (χ1v) is 6.39. The molecule has 0 saturated carbocycles. The van der Waals surface area contributed by atoms with Gasteiger partial charge in [-0.25, -0.2) is 4.98 Å². The van der Waals surface area contributed by atoms with Gasteiger partial charge < -0.3 is 10.2 Å².